The second kappa shape index (κ2) is 7.35. The van der Waals surface area contributed by atoms with Gasteiger partial charge in [0.15, 0.2) is 0 Å². The van der Waals surface area contributed by atoms with E-state index in [0.29, 0.717) is 11.4 Å². The Hall–Kier alpha value is -2.54. The average molecular weight is 348 g/mol. The molecule has 0 bridgehead atoms. The first-order valence-electron chi connectivity index (χ1n) is 7.40. The number of sulfonamides is 1. The highest BCUT2D eigenvalue weighted by atomic mass is 32.2. The molecule has 0 saturated heterocycles. The Balaban J connectivity index is 2.31. The minimum atomic E-state index is -3.84. The fraction of sp³-hybridized carbons (Fsp3) is 0.235. The van der Waals surface area contributed by atoms with Crippen LogP contribution in [0.15, 0.2) is 53.4 Å². The highest BCUT2D eigenvalue weighted by molar-refractivity contribution is 7.92. The van der Waals surface area contributed by atoms with Crippen LogP contribution < -0.4 is 14.8 Å². The van der Waals surface area contributed by atoms with E-state index in [1.54, 1.807) is 30.3 Å². The van der Waals surface area contributed by atoms with E-state index in [9.17, 15) is 13.2 Å². The summed E-state index contributed by atoms with van der Waals surface area (Å²) in [5, 5.41) is 2.73. The van der Waals surface area contributed by atoms with Crippen LogP contribution in [-0.4, -0.2) is 27.5 Å². The van der Waals surface area contributed by atoms with E-state index >= 15 is 0 Å². The molecule has 0 unspecified atom stereocenters. The zero-order valence-corrected chi connectivity index (χ0v) is 14.6. The zero-order valence-electron chi connectivity index (χ0n) is 13.7. The van der Waals surface area contributed by atoms with Gasteiger partial charge in [-0.3, -0.25) is 9.52 Å². The van der Waals surface area contributed by atoms with Gasteiger partial charge in [0.2, 0.25) is 0 Å². The topological polar surface area (TPSA) is 84.5 Å². The summed E-state index contributed by atoms with van der Waals surface area (Å²) in [6.07, 6.45) is 0. The highest BCUT2D eigenvalue weighted by Gasteiger charge is 2.18. The van der Waals surface area contributed by atoms with Gasteiger partial charge in [0.1, 0.15) is 5.75 Å². The molecule has 0 atom stereocenters. The van der Waals surface area contributed by atoms with Gasteiger partial charge in [-0.05, 0) is 44.2 Å². The van der Waals surface area contributed by atoms with E-state index in [2.05, 4.69) is 10.0 Å². The zero-order chi connectivity index (χ0) is 17.7. The minimum Gasteiger partial charge on any atom is -0.495 e. The Bertz CT molecular complexity index is 832. The third-order valence-corrected chi connectivity index (χ3v) is 4.54. The van der Waals surface area contributed by atoms with Gasteiger partial charge in [-0.2, -0.15) is 0 Å². The SMILES string of the molecule is COc1ccccc1NS(=O)(=O)c1cccc(C(=O)NC(C)C)c1. The van der Waals surface area contributed by atoms with Crippen molar-refractivity contribution in [3.8, 4) is 5.75 Å². The van der Waals surface area contributed by atoms with Gasteiger partial charge < -0.3 is 10.1 Å². The molecule has 0 aliphatic rings. The maximum atomic E-state index is 12.6. The van der Waals surface area contributed by atoms with Crippen molar-refractivity contribution in [2.75, 3.05) is 11.8 Å². The smallest absolute Gasteiger partial charge is 0.262 e. The molecule has 0 fully saturated rings. The van der Waals surface area contributed by atoms with Crippen molar-refractivity contribution in [2.24, 2.45) is 0 Å². The van der Waals surface area contributed by atoms with Crippen LogP contribution in [0.25, 0.3) is 0 Å². The van der Waals surface area contributed by atoms with Crippen molar-refractivity contribution in [3.05, 3.63) is 54.1 Å². The molecule has 2 aromatic carbocycles. The minimum absolute atomic E-state index is 0.00446. The highest BCUT2D eigenvalue weighted by Crippen LogP contribution is 2.26. The molecule has 0 aromatic heterocycles. The number of carbonyl (C=O) groups is 1. The Labute approximate surface area is 141 Å². The molecule has 0 saturated carbocycles. The van der Waals surface area contributed by atoms with Gasteiger partial charge >= 0.3 is 0 Å². The summed E-state index contributed by atoms with van der Waals surface area (Å²) in [4.78, 5) is 12.1. The summed E-state index contributed by atoms with van der Waals surface area (Å²) in [5.41, 5.74) is 0.614. The van der Waals surface area contributed by atoms with Crippen LogP contribution in [0, 0.1) is 0 Å². The number of amides is 1. The van der Waals surface area contributed by atoms with E-state index in [0.717, 1.165) is 0 Å². The van der Waals surface area contributed by atoms with Gasteiger partial charge in [0, 0.05) is 11.6 Å². The first-order chi connectivity index (χ1) is 11.3. The monoisotopic (exact) mass is 348 g/mol. The molecule has 6 nitrogen and oxygen atoms in total. The standard InChI is InChI=1S/C17H20N2O4S/c1-12(2)18-17(20)13-7-6-8-14(11-13)24(21,22)19-15-9-4-5-10-16(15)23-3/h4-12,19H,1-3H3,(H,18,20). The number of rotatable bonds is 6. The fourth-order valence-corrected chi connectivity index (χ4v) is 3.20. The van der Waals surface area contributed by atoms with E-state index in [4.69, 9.17) is 4.74 Å². The van der Waals surface area contributed by atoms with Crippen LogP contribution in [0.3, 0.4) is 0 Å². The molecule has 1 amide bonds. The number of nitrogens with one attached hydrogen (secondary N) is 2. The number of hydrogen-bond acceptors (Lipinski definition) is 4. The number of para-hydroxylation sites is 2. The third kappa shape index (κ3) is 4.26. The Morgan fingerprint density at radius 3 is 2.46 bits per heavy atom. The molecular weight excluding hydrogens is 328 g/mol. The summed E-state index contributed by atoms with van der Waals surface area (Å²) >= 11 is 0. The van der Waals surface area contributed by atoms with Crippen LogP contribution in [0.2, 0.25) is 0 Å². The maximum absolute atomic E-state index is 12.6. The number of ether oxygens (including phenoxy) is 1. The van der Waals surface area contributed by atoms with Crippen LogP contribution in [0.5, 0.6) is 5.75 Å². The molecule has 0 radical (unpaired) electrons. The lowest BCUT2D eigenvalue weighted by Crippen LogP contribution is -2.30. The predicted octanol–water partition coefficient (Wildman–Crippen LogP) is 2.63. The lowest BCUT2D eigenvalue weighted by atomic mass is 10.2. The molecule has 0 spiro atoms. The first-order valence-corrected chi connectivity index (χ1v) is 8.88. The second-order valence-electron chi connectivity index (χ2n) is 5.46. The van der Waals surface area contributed by atoms with Gasteiger partial charge in [-0.25, -0.2) is 8.42 Å². The van der Waals surface area contributed by atoms with E-state index in [1.165, 1.54) is 25.3 Å². The van der Waals surface area contributed by atoms with E-state index in [1.807, 2.05) is 13.8 Å². The Morgan fingerprint density at radius 2 is 1.79 bits per heavy atom. The summed E-state index contributed by atoms with van der Waals surface area (Å²) in [6, 6.07) is 12.5. The van der Waals surface area contributed by atoms with Crippen molar-refractivity contribution < 1.29 is 17.9 Å². The Morgan fingerprint density at radius 1 is 1.08 bits per heavy atom. The molecule has 0 heterocycles. The Kier molecular flexibility index (Phi) is 5.46. The van der Waals surface area contributed by atoms with Crippen molar-refractivity contribution in [1.82, 2.24) is 5.32 Å². The van der Waals surface area contributed by atoms with Crippen LogP contribution >= 0.6 is 0 Å². The van der Waals surface area contributed by atoms with Crippen LogP contribution in [0.1, 0.15) is 24.2 Å². The van der Waals surface area contributed by atoms with Crippen molar-refractivity contribution >= 4 is 21.6 Å². The summed E-state index contributed by atoms with van der Waals surface area (Å²) in [7, 11) is -2.38. The van der Waals surface area contributed by atoms with Crippen molar-refractivity contribution in [1.29, 1.82) is 0 Å². The number of benzene rings is 2. The van der Waals surface area contributed by atoms with E-state index < -0.39 is 10.0 Å². The molecule has 128 valence electrons. The number of hydrogen-bond donors (Lipinski definition) is 2. The van der Waals surface area contributed by atoms with Gasteiger partial charge in [0.25, 0.3) is 15.9 Å². The largest absolute Gasteiger partial charge is 0.495 e. The van der Waals surface area contributed by atoms with Crippen LogP contribution in [-0.2, 0) is 10.0 Å². The number of anilines is 1. The van der Waals surface area contributed by atoms with Gasteiger partial charge in [0.05, 0.1) is 17.7 Å². The molecule has 2 rings (SSSR count). The fourth-order valence-electron chi connectivity index (χ4n) is 2.08. The lowest BCUT2D eigenvalue weighted by Gasteiger charge is -2.13. The molecular formula is C17H20N2O4S. The molecule has 24 heavy (non-hydrogen) atoms. The quantitative estimate of drug-likeness (QED) is 0.840. The summed E-state index contributed by atoms with van der Waals surface area (Å²) in [5.74, 6) is 0.0918. The predicted molar refractivity (Wildman–Crippen MR) is 92.8 cm³/mol. The van der Waals surface area contributed by atoms with Gasteiger partial charge in [-0.1, -0.05) is 18.2 Å². The van der Waals surface area contributed by atoms with Gasteiger partial charge in [-0.15, -0.1) is 0 Å². The first kappa shape index (κ1) is 17.8. The summed E-state index contributed by atoms with van der Waals surface area (Å²) < 4.78 is 32.8. The molecule has 0 aliphatic carbocycles. The van der Waals surface area contributed by atoms with Crippen molar-refractivity contribution in [2.45, 2.75) is 24.8 Å². The maximum Gasteiger partial charge on any atom is 0.262 e. The molecule has 2 N–H and O–H groups in total. The molecule has 2 aromatic rings. The van der Waals surface area contributed by atoms with Crippen molar-refractivity contribution in [3.63, 3.8) is 0 Å². The van der Waals surface area contributed by atoms with E-state index in [-0.39, 0.29) is 22.4 Å². The third-order valence-electron chi connectivity index (χ3n) is 3.18. The average Bonchev–Trinajstić information content (AvgIpc) is 2.54. The number of carbonyl (C=O) groups excluding carboxylic acids is 1. The summed E-state index contributed by atoms with van der Waals surface area (Å²) in [6.45, 7) is 3.67. The second-order valence-corrected chi connectivity index (χ2v) is 7.14. The van der Waals surface area contributed by atoms with Crippen LogP contribution in [0.4, 0.5) is 5.69 Å². The number of methoxy groups -OCH3 is 1. The molecule has 7 heteroatoms. The normalized spacial score (nSPS) is 11.2. The lowest BCUT2D eigenvalue weighted by molar-refractivity contribution is 0.0943. The molecule has 0 aliphatic heterocycles.